The molecule has 0 spiro atoms. The number of likely N-dealkylation sites (tertiary alicyclic amines) is 1. The van der Waals surface area contributed by atoms with Crippen LogP contribution in [0, 0.1) is 41.9 Å². The van der Waals surface area contributed by atoms with E-state index in [2.05, 4.69) is 32.8 Å². The molecule has 2 fully saturated rings. The number of ether oxygens (including phenoxy) is 1. The molecule has 1 saturated heterocycles. The van der Waals surface area contributed by atoms with Crippen molar-refractivity contribution in [2.24, 2.45) is 23.2 Å². The number of aliphatic hydroxyl groups excluding tert-OH is 1. The van der Waals surface area contributed by atoms with Crippen molar-refractivity contribution in [1.29, 1.82) is 0 Å². The summed E-state index contributed by atoms with van der Waals surface area (Å²) in [6.07, 6.45) is 4.13. The average molecular weight is 706 g/mol. The number of hydrogen-bond acceptors (Lipinski definition) is 8. The molecule has 50 heavy (non-hydrogen) atoms. The number of thiazole rings is 1. The highest BCUT2D eigenvalue weighted by atomic mass is 32.1. The van der Waals surface area contributed by atoms with Crippen LogP contribution in [0.25, 0.3) is 10.4 Å². The maximum atomic E-state index is 13.9. The fourth-order valence-corrected chi connectivity index (χ4v) is 7.93. The lowest BCUT2D eigenvalue weighted by molar-refractivity contribution is -0.144. The molecule has 2 aromatic rings. The summed E-state index contributed by atoms with van der Waals surface area (Å²) in [6.45, 7) is 8.66. The second kappa shape index (κ2) is 16.8. The van der Waals surface area contributed by atoms with Gasteiger partial charge in [0.05, 0.1) is 28.8 Å². The van der Waals surface area contributed by atoms with E-state index in [1.807, 2.05) is 57.5 Å². The van der Waals surface area contributed by atoms with Gasteiger partial charge in [-0.05, 0) is 66.9 Å². The predicted molar refractivity (Wildman–Crippen MR) is 192 cm³/mol. The molecular formula is C38H51N5O6S. The third kappa shape index (κ3) is 9.85. The minimum atomic E-state index is -0.891. The van der Waals surface area contributed by atoms with E-state index in [-0.39, 0.29) is 37.7 Å². The van der Waals surface area contributed by atoms with Gasteiger partial charge in [0.25, 0.3) is 0 Å². The number of amides is 4. The molecule has 270 valence electrons. The Morgan fingerprint density at radius 2 is 1.76 bits per heavy atom. The maximum Gasteiger partial charge on any atom is 0.407 e. The number of aromatic nitrogens is 1. The van der Waals surface area contributed by atoms with Gasteiger partial charge in [-0.1, -0.05) is 45.0 Å². The molecule has 6 atom stereocenters. The number of hydrogen-bond donors (Lipinski definition) is 4. The van der Waals surface area contributed by atoms with E-state index < -0.39 is 35.6 Å². The van der Waals surface area contributed by atoms with Gasteiger partial charge in [-0.15, -0.1) is 23.2 Å². The summed E-state index contributed by atoms with van der Waals surface area (Å²) in [5.74, 6) is 7.02. The number of nitrogens with one attached hydrogen (secondary N) is 3. The summed E-state index contributed by atoms with van der Waals surface area (Å²) in [6, 6.07) is 6.15. The topological polar surface area (TPSA) is 150 Å². The molecule has 5 rings (SSSR count). The first kappa shape index (κ1) is 37.3. The van der Waals surface area contributed by atoms with Gasteiger partial charge >= 0.3 is 6.09 Å². The number of nitrogens with zero attached hydrogens (tertiary/aromatic N) is 2. The van der Waals surface area contributed by atoms with Crippen molar-refractivity contribution < 1.29 is 29.0 Å². The summed E-state index contributed by atoms with van der Waals surface area (Å²) >= 11 is 1.58. The molecule has 0 radical (unpaired) electrons. The first-order valence-electron chi connectivity index (χ1n) is 17.8. The number of β-amino-alcohol motifs (C(OH)–C–C–N with tert-alkyl or cyclic N) is 1. The Labute approximate surface area is 299 Å². The number of aliphatic hydroxyl groups is 1. The second-order valence-electron chi connectivity index (χ2n) is 14.8. The van der Waals surface area contributed by atoms with E-state index in [1.165, 1.54) is 4.90 Å². The fraction of sp³-hybridized carbons (Fsp3) is 0.605. The van der Waals surface area contributed by atoms with Crippen LogP contribution >= 0.6 is 11.3 Å². The van der Waals surface area contributed by atoms with Gasteiger partial charge in [0.1, 0.15) is 12.1 Å². The van der Waals surface area contributed by atoms with Crippen LogP contribution in [-0.4, -0.2) is 76.7 Å². The monoisotopic (exact) mass is 705 g/mol. The van der Waals surface area contributed by atoms with Gasteiger partial charge in [-0.25, -0.2) is 9.78 Å². The molecule has 11 nitrogen and oxygen atoms in total. The molecule has 1 unspecified atom stereocenters. The highest BCUT2D eigenvalue weighted by Gasteiger charge is 2.49. The Balaban J connectivity index is 1.04. The molecule has 2 heterocycles. The minimum absolute atomic E-state index is 0.0144. The van der Waals surface area contributed by atoms with Crippen molar-refractivity contribution in [2.75, 3.05) is 19.7 Å². The van der Waals surface area contributed by atoms with Gasteiger partial charge in [0.2, 0.25) is 17.7 Å². The fourth-order valence-electron chi connectivity index (χ4n) is 7.12. The molecule has 1 saturated carbocycles. The molecule has 3 aliphatic rings. The number of aryl methyl sites for hydroxylation is 1. The van der Waals surface area contributed by atoms with E-state index in [1.54, 1.807) is 11.3 Å². The second-order valence-corrected chi connectivity index (χ2v) is 15.7. The lowest BCUT2D eigenvalue weighted by Crippen LogP contribution is -2.57. The Morgan fingerprint density at radius 1 is 1.06 bits per heavy atom. The Kier molecular flexibility index (Phi) is 12.6. The van der Waals surface area contributed by atoms with Crippen LogP contribution in [0.1, 0.15) is 83.4 Å². The molecule has 1 aromatic carbocycles. The van der Waals surface area contributed by atoms with E-state index >= 15 is 0 Å². The molecule has 4 amide bonds. The van der Waals surface area contributed by atoms with Crippen molar-refractivity contribution in [3.8, 4) is 22.3 Å². The molecular weight excluding hydrogens is 655 g/mol. The van der Waals surface area contributed by atoms with Crippen molar-refractivity contribution >= 4 is 35.2 Å². The third-order valence-electron chi connectivity index (χ3n) is 10.1. The summed E-state index contributed by atoms with van der Waals surface area (Å²) in [5.41, 5.74) is 4.11. The SMILES string of the molecule is Cc1ncsc1-c1ccc(CNC(=O)[C@@H]2C[C@@H](O)CN2C(=O)[C@@H](NC(=O)CCCCNC(=O)OCC2[C@H]3CCC#CCC[C@@H]23)C(C)(C)C)cc1. The average Bonchev–Trinajstić information content (AvgIpc) is 3.32. The largest absolute Gasteiger partial charge is 0.449 e. The molecule has 0 bridgehead atoms. The van der Waals surface area contributed by atoms with Crippen molar-refractivity contribution in [3.05, 3.63) is 41.0 Å². The van der Waals surface area contributed by atoms with Gasteiger partial charge in [-0.2, -0.15) is 0 Å². The number of rotatable bonds is 13. The number of fused-ring (bicyclic) bond motifs is 1. The van der Waals surface area contributed by atoms with Crippen molar-refractivity contribution in [1.82, 2.24) is 25.8 Å². The number of carbonyl (C=O) groups excluding carboxylic acids is 4. The van der Waals surface area contributed by atoms with Gasteiger partial charge < -0.3 is 30.7 Å². The quantitative estimate of drug-likeness (QED) is 0.176. The first-order chi connectivity index (χ1) is 23.9. The Hall–Kier alpha value is -3.95. The first-order valence-corrected chi connectivity index (χ1v) is 18.7. The van der Waals surface area contributed by atoms with E-state index in [0.717, 1.165) is 47.4 Å². The van der Waals surface area contributed by atoms with Crippen LogP contribution < -0.4 is 16.0 Å². The lowest BCUT2D eigenvalue weighted by atomic mass is 9.85. The summed E-state index contributed by atoms with van der Waals surface area (Å²) < 4.78 is 5.46. The highest BCUT2D eigenvalue weighted by Crippen LogP contribution is 2.52. The van der Waals surface area contributed by atoms with Crippen molar-refractivity contribution in [2.45, 2.75) is 104 Å². The smallest absolute Gasteiger partial charge is 0.407 e. The van der Waals surface area contributed by atoms with Gasteiger partial charge in [0, 0.05) is 45.3 Å². The van der Waals surface area contributed by atoms with Crippen LogP contribution in [0.5, 0.6) is 0 Å². The van der Waals surface area contributed by atoms with Crippen molar-refractivity contribution in [3.63, 3.8) is 0 Å². The summed E-state index contributed by atoms with van der Waals surface area (Å²) in [7, 11) is 0. The van der Waals surface area contributed by atoms with Crippen LogP contribution in [0.2, 0.25) is 0 Å². The molecule has 12 heteroatoms. The summed E-state index contributed by atoms with van der Waals surface area (Å²) in [5, 5.41) is 19.1. The number of carbonyl (C=O) groups is 4. The highest BCUT2D eigenvalue weighted by molar-refractivity contribution is 7.13. The maximum absolute atomic E-state index is 13.9. The van der Waals surface area contributed by atoms with E-state index in [0.29, 0.717) is 43.7 Å². The molecule has 2 aliphatic carbocycles. The molecule has 4 N–H and O–H groups in total. The lowest BCUT2D eigenvalue weighted by Gasteiger charge is -2.35. The van der Waals surface area contributed by atoms with E-state index in [4.69, 9.17) is 4.74 Å². The Bertz CT molecular complexity index is 1560. The molecule has 1 aromatic heterocycles. The zero-order chi connectivity index (χ0) is 35.8. The minimum Gasteiger partial charge on any atom is -0.449 e. The van der Waals surface area contributed by atoms with Gasteiger partial charge in [0.15, 0.2) is 0 Å². The summed E-state index contributed by atoms with van der Waals surface area (Å²) in [4.78, 5) is 59.2. The van der Waals surface area contributed by atoms with E-state index in [9.17, 15) is 24.3 Å². The van der Waals surface area contributed by atoms with Crippen LogP contribution in [0.3, 0.4) is 0 Å². The predicted octanol–water partition coefficient (Wildman–Crippen LogP) is 4.56. The Morgan fingerprint density at radius 3 is 2.40 bits per heavy atom. The third-order valence-corrected chi connectivity index (χ3v) is 11.0. The number of unbranched alkanes of at least 4 members (excludes halogenated alkanes) is 1. The normalized spacial score (nSPS) is 23.3. The number of alkyl carbamates (subject to hydrolysis) is 1. The van der Waals surface area contributed by atoms with Gasteiger partial charge in [-0.3, -0.25) is 14.4 Å². The van der Waals surface area contributed by atoms with Crippen LogP contribution in [0.15, 0.2) is 29.8 Å². The van der Waals surface area contributed by atoms with Crippen LogP contribution in [0.4, 0.5) is 4.79 Å². The zero-order valence-corrected chi connectivity index (χ0v) is 30.4. The zero-order valence-electron chi connectivity index (χ0n) is 29.6. The standard InChI is InChI=1S/C38H51N5O6S/c1-24-33(50-23-41-24)26-16-14-25(15-17-26)20-40-35(46)31-19-27(44)21-43(31)36(47)34(38(2,3)4)42-32(45)13-9-10-18-39-37(48)49-22-30-28-11-7-5-6-8-12-29(28)30/h14-17,23,27-31,34,44H,7-13,18-22H2,1-4H3,(H,39,48)(H,40,46)(H,42,45)/t27-,28-,29+,30?,31+,34-/m1/s1. The number of benzene rings is 1. The van der Waals surface area contributed by atoms with Crippen LogP contribution in [-0.2, 0) is 25.7 Å². The molecule has 1 aliphatic heterocycles.